The molecule has 356 valence electrons. The number of hydrogen-bond acceptors (Lipinski definition) is 15. The predicted octanol–water partition coefficient (Wildman–Crippen LogP) is 6.20. The Bertz CT molecular complexity index is 1950. The molecule has 2 N–H and O–H groups in total. The molecule has 3 atom stereocenters. The predicted molar refractivity (Wildman–Crippen MR) is 248 cm³/mol. The van der Waals surface area contributed by atoms with Crippen LogP contribution in [0.1, 0.15) is 50.5 Å². The lowest BCUT2D eigenvalue weighted by molar-refractivity contribution is -0.158. The fourth-order valence-corrected chi connectivity index (χ4v) is 9.22. The summed E-state index contributed by atoms with van der Waals surface area (Å²) in [6.07, 6.45) is 7.18. The van der Waals surface area contributed by atoms with Crippen molar-refractivity contribution in [1.29, 1.82) is 0 Å². The lowest BCUT2D eigenvalue weighted by atomic mass is 9.82. The molecule has 18 heteroatoms. The van der Waals surface area contributed by atoms with Crippen molar-refractivity contribution in [2.75, 3.05) is 91.8 Å². The van der Waals surface area contributed by atoms with Crippen LogP contribution in [0.4, 0.5) is 5.69 Å². The molecule has 2 aromatic rings. The first kappa shape index (κ1) is 50.4. The standard InChI is InChI=1S/C20H26ClNO3.C15H17ClN2O3.C12H19ClN2O4/c1-24-20-18(17(21)19(23)25-20)22-16-12-10-15(11-13-16)9-5-8-14-6-3-2-4-7-14;1-20-15-13(12(16)14(19)21-15)18-9-7-17(8-10-18)11-5-3-2-4-6-11;1-17-12-10(9(13)11(16)19-12)14-3-2-4-15-5-7-18-8-6-15/h2-4,6-7,15-16,20,22H,5,8-13H2,1H3;2-6,15H,7-10H2,1H3;12,14H,2-8H2,1H3. The second kappa shape index (κ2) is 25.7. The number of benzene rings is 2. The number of carbonyl (C=O) groups excluding carboxylic acids is 3. The van der Waals surface area contributed by atoms with Gasteiger partial charge in [0.25, 0.3) is 0 Å². The van der Waals surface area contributed by atoms with Gasteiger partial charge in [-0.25, -0.2) is 14.4 Å². The Kier molecular flexibility index (Phi) is 19.9. The molecule has 3 fully saturated rings. The fraction of sp³-hybridized carbons (Fsp3) is 0.553. The molecule has 5 aliphatic heterocycles. The van der Waals surface area contributed by atoms with E-state index in [0.717, 1.165) is 97.2 Å². The molecule has 0 aromatic heterocycles. The number of ether oxygens (including phenoxy) is 7. The summed E-state index contributed by atoms with van der Waals surface area (Å²) in [5.74, 6) is -0.760. The summed E-state index contributed by atoms with van der Waals surface area (Å²) in [5.41, 5.74) is 4.39. The first-order chi connectivity index (χ1) is 31.6. The molecule has 0 radical (unpaired) electrons. The van der Waals surface area contributed by atoms with Crippen LogP contribution in [0.15, 0.2) is 92.9 Å². The van der Waals surface area contributed by atoms with Crippen molar-refractivity contribution in [3.63, 3.8) is 0 Å². The van der Waals surface area contributed by atoms with Crippen LogP contribution < -0.4 is 15.5 Å². The number of halogens is 3. The number of methoxy groups -OCH3 is 3. The number of rotatable bonds is 16. The van der Waals surface area contributed by atoms with Gasteiger partial charge in [0.1, 0.15) is 17.1 Å². The largest absolute Gasteiger partial charge is 0.425 e. The number of nitrogens with one attached hydrogen (secondary N) is 2. The zero-order chi connectivity index (χ0) is 46.1. The Morgan fingerprint density at radius 1 is 0.631 bits per heavy atom. The third-order valence-corrected chi connectivity index (χ3v) is 13.2. The Morgan fingerprint density at radius 2 is 1.17 bits per heavy atom. The Balaban J connectivity index is 0.000000163. The van der Waals surface area contributed by atoms with Crippen molar-refractivity contribution in [3.8, 4) is 0 Å². The zero-order valence-electron chi connectivity index (χ0n) is 37.4. The molecule has 2 saturated heterocycles. The SMILES string of the molecule is COC1OC(=O)C(Cl)=C1N1CCN(c2ccccc2)CC1.COC1OC(=O)C(Cl)=C1NC1CCC(CCCc2ccccc2)CC1.COC1OC(=O)C(Cl)=C1NCCCN1CCOCC1. The van der Waals surface area contributed by atoms with Gasteiger partial charge >= 0.3 is 17.9 Å². The quantitative estimate of drug-likeness (QED) is 0.112. The third-order valence-electron chi connectivity index (χ3n) is 12.2. The van der Waals surface area contributed by atoms with Gasteiger partial charge in [0.2, 0.25) is 18.9 Å². The molecule has 0 spiro atoms. The van der Waals surface area contributed by atoms with Crippen molar-refractivity contribution in [1.82, 2.24) is 20.4 Å². The van der Waals surface area contributed by atoms with Gasteiger partial charge in [0.05, 0.1) is 13.2 Å². The maximum Gasteiger partial charge on any atom is 0.354 e. The van der Waals surface area contributed by atoms with E-state index in [4.69, 9.17) is 68.0 Å². The van der Waals surface area contributed by atoms with E-state index < -0.39 is 36.8 Å². The number of para-hydroxylation sites is 1. The summed E-state index contributed by atoms with van der Waals surface area (Å²) in [5, 5.41) is 6.84. The number of morpholine rings is 1. The van der Waals surface area contributed by atoms with Crippen molar-refractivity contribution in [3.05, 3.63) is 98.4 Å². The minimum atomic E-state index is -0.705. The van der Waals surface area contributed by atoms with Gasteiger partial charge in [-0.2, -0.15) is 0 Å². The second-order valence-electron chi connectivity index (χ2n) is 16.4. The topological polar surface area (TPSA) is 150 Å². The van der Waals surface area contributed by atoms with Crippen molar-refractivity contribution in [2.45, 2.75) is 76.3 Å². The Morgan fingerprint density at radius 3 is 1.78 bits per heavy atom. The normalized spacial score (nSPS) is 24.8. The second-order valence-corrected chi connectivity index (χ2v) is 17.5. The minimum absolute atomic E-state index is 0.0817. The van der Waals surface area contributed by atoms with Crippen LogP contribution >= 0.6 is 34.8 Å². The van der Waals surface area contributed by atoms with E-state index >= 15 is 0 Å². The molecule has 1 aliphatic carbocycles. The van der Waals surface area contributed by atoms with Crippen LogP contribution in [0.5, 0.6) is 0 Å². The van der Waals surface area contributed by atoms with Crippen molar-refractivity contribution in [2.24, 2.45) is 5.92 Å². The van der Waals surface area contributed by atoms with E-state index in [0.29, 0.717) is 23.1 Å². The highest BCUT2D eigenvalue weighted by Gasteiger charge is 2.38. The van der Waals surface area contributed by atoms with E-state index in [-0.39, 0.29) is 15.1 Å². The lowest BCUT2D eigenvalue weighted by Crippen LogP contribution is -2.47. The number of carbonyl (C=O) groups is 3. The minimum Gasteiger partial charge on any atom is -0.425 e. The monoisotopic (exact) mass is 961 g/mol. The third kappa shape index (κ3) is 14.2. The van der Waals surface area contributed by atoms with Gasteiger partial charge in [-0.15, -0.1) is 0 Å². The number of nitrogens with zero attached hydrogens (tertiary/aromatic N) is 3. The van der Waals surface area contributed by atoms with E-state index in [1.54, 1.807) is 0 Å². The molecule has 6 aliphatic rings. The number of esters is 3. The molecule has 15 nitrogen and oxygen atoms in total. The molecular formula is C47H62Cl3N5O10. The smallest absolute Gasteiger partial charge is 0.354 e. The average Bonchev–Trinajstić information content (AvgIpc) is 3.91. The number of anilines is 1. The van der Waals surface area contributed by atoms with Crippen LogP contribution in [0, 0.1) is 5.92 Å². The number of piperazine rings is 1. The van der Waals surface area contributed by atoms with E-state index in [2.05, 4.69) is 67.8 Å². The highest BCUT2D eigenvalue weighted by atomic mass is 35.5. The molecule has 5 heterocycles. The van der Waals surface area contributed by atoms with Gasteiger partial charge in [-0.05, 0) is 75.1 Å². The van der Waals surface area contributed by atoms with Crippen LogP contribution in [-0.4, -0.2) is 140 Å². The van der Waals surface area contributed by atoms with Gasteiger partial charge in [-0.1, -0.05) is 89.8 Å². The first-order valence-corrected chi connectivity index (χ1v) is 23.5. The van der Waals surface area contributed by atoms with Crippen molar-refractivity contribution < 1.29 is 47.5 Å². The summed E-state index contributed by atoms with van der Waals surface area (Å²) in [4.78, 5) is 41.1. The van der Waals surface area contributed by atoms with Gasteiger partial charge in [0, 0.05) is 78.9 Å². The van der Waals surface area contributed by atoms with Crippen LogP contribution in [0.25, 0.3) is 0 Å². The zero-order valence-corrected chi connectivity index (χ0v) is 39.7. The van der Waals surface area contributed by atoms with E-state index in [9.17, 15) is 14.4 Å². The van der Waals surface area contributed by atoms with Crippen LogP contribution in [0.3, 0.4) is 0 Å². The lowest BCUT2D eigenvalue weighted by Gasteiger charge is -2.38. The molecule has 3 unspecified atom stereocenters. The number of cyclic esters (lactones) is 3. The molecule has 2 aromatic carbocycles. The van der Waals surface area contributed by atoms with E-state index in [1.165, 1.54) is 58.3 Å². The van der Waals surface area contributed by atoms with Gasteiger partial charge in [-0.3, -0.25) is 4.90 Å². The highest BCUT2D eigenvalue weighted by molar-refractivity contribution is 6.43. The average molecular weight is 963 g/mol. The molecular weight excluding hydrogens is 901 g/mol. The summed E-state index contributed by atoms with van der Waals surface area (Å²) in [7, 11) is 4.50. The van der Waals surface area contributed by atoms with Crippen molar-refractivity contribution >= 4 is 58.4 Å². The molecule has 0 amide bonds. The Labute approximate surface area is 397 Å². The molecule has 1 saturated carbocycles. The number of hydrogen-bond donors (Lipinski definition) is 2. The van der Waals surface area contributed by atoms with E-state index in [1.807, 2.05) is 18.2 Å². The van der Waals surface area contributed by atoms with Crippen LogP contribution in [0.2, 0.25) is 0 Å². The summed E-state index contributed by atoms with van der Waals surface area (Å²) >= 11 is 18.0. The van der Waals surface area contributed by atoms with Gasteiger partial charge in [0.15, 0.2) is 15.1 Å². The van der Waals surface area contributed by atoms with Crippen LogP contribution in [-0.2, 0) is 54.0 Å². The number of aryl methyl sites for hydroxylation is 1. The highest BCUT2D eigenvalue weighted by Crippen LogP contribution is 2.33. The Hall–Kier alpha value is -4.06. The summed E-state index contributed by atoms with van der Waals surface area (Å²) in [6.45, 7) is 8.56. The molecule has 65 heavy (non-hydrogen) atoms. The molecule has 8 rings (SSSR count). The maximum absolute atomic E-state index is 11.6. The summed E-state index contributed by atoms with van der Waals surface area (Å²) < 4.78 is 35.8. The summed E-state index contributed by atoms with van der Waals surface area (Å²) in [6, 6.07) is 21.3. The first-order valence-electron chi connectivity index (χ1n) is 22.4. The maximum atomic E-state index is 11.6. The molecule has 0 bridgehead atoms. The fourth-order valence-electron chi connectivity index (χ4n) is 8.58. The van der Waals surface area contributed by atoms with Gasteiger partial charge < -0.3 is 53.6 Å².